The van der Waals surface area contributed by atoms with E-state index in [0.29, 0.717) is 22.0 Å². The smallest absolute Gasteiger partial charge is 0.211 e. The molecule has 0 unspecified atom stereocenters. The molecule has 0 amide bonds. The minimum atomic E-state index is -0.748. The van der Waals surface area contributed by atoms with Gasteiger partial charge >= 0.3 is 0 Å². The predicted octanol–water partition coefficient (Wildman–Crippen LogP) is 5.69. The number of methoxy groups -OCH3 is 2. The molecule has 4 rings (SSSR count). The van der Waals surface area contributed by atoms with Crippen molar-refractivity contribution in [2.45, 2.75) is 0 Å². The van der Waals surface area contributed by atoms with Crippen molar-refractivity contribution in [3.8, 4) is 22.8 Å². The van der Waals surface area contributed by atoms with E-state index in [4.69, 9.17) is 9.47 Å². The number of hydrogen-bond donors (Lipinski definition) is 0. The van der Waals surface area contributed by atoms with Gasteiger partial charge in [-0.05, 0) is 41.8 Å². The number of thiophene rings is 1. The second-order valence-electron chi connectivity index (χ2n) is 6.25. The lowest BCUT2D eigenvalue weighted by atomic mass is 10.1. The number of nitrogens with zero attached hydrogens (tertiary/aromatic N) is 3. The summed E-state index contributed by atoms with van der Waals surface area (Å²) in [6, 6.07) is 12.6. The van der Waals surface area contributed by atoms with E-state index in [1.807, 2.05) is 29.0 Å². The first kappa shape index (κ1) is 21.0. The third-order valence-electron chi connectivity index (χ3n) is 4.34. The maximum Gasteiger partial charge on any atom is 0.211 e. The molecule has 0 N–H and O–H groups in total. The summed E-state index contributed by atoms with van der Waals surface area (Å²) in [6.07, 6.45) is 1.70. The van der Waals surface area contributed by atoms with Crippen LogP contribution in [0.25, 0.3) is 11.3 Å². The Morgan fingerprint density at radius 2 is 1.87 bits per heavy atom. The highest BCUT2D eigenvalue weighted by molar-refractivity contribution is 7.11. The Labute approximate surface area is 185 Å². The van der Waals surface area contributed by atoms with E-state index in [1.54, 1.807) is 37.2 Å². The fourth-order valence-electron chi connectivity index (χ4n) is 2.84. The Balaban J connectivity index is 1.92. The minimum absolute atomic E-state index is 0.0208. The molecule has 0 spiro atoms. The van der Waals surface area contributed by atoms with Crippen molar-refractivity contribution in [3.05, 3.63) is 80.6 Å². The standard InChI is InChI=1S/C22H17F2N3O2S2/c1-28-15-6-8-21(29-2)17(11-15)20-13-31-22(26-19-7-5-14(23)10-18(19)24)27(20)25-12-16-4-3-9-30-16/h3-13H,1-2H3. The van der Waals surface area contributed by atoms with Crippen molar-refractivity contribution in [2.24, 2.45) is 10.1 Å². The summed E-state index contributed by atoms with van der Waals surface area (Å²) < 4.78 is 40.0. The number of rotatable bonds is 6. The molecule has 0 aliphatic heterocycles. The van der Waals surface area contributed by atoms with E-state index in [-0.39, 0.29) is 5.69 Å². The summed E-state index contributed by atoms with van der Waals surface area (Å²) >= 11 is 2.82. The Hall–Kier alpha value is -3.30. The number of benzene rings is 2. The molecule has 2 aromatic carbocycles. The van der Waals surface area contributed by atoms with Crippen LogP contribution < -0.4 is 14.3 Å². The average Bonchev–Trinajstić information content (AvgIpc) is 3.43. The van der Waals surface area contributed by atoms with Gasteiger partial charge in [0.15, 0.2) is 5.82 Å². The van der Waals surface area contributed by atoms with Gasteiger partial charge in [0.1, 0.15) is 23.0 Å². The third-order valence-corrected chi connectivity index (χ3v) is 5.96. The molecule has 31 heavy (non-hydrogen) atoms. The molecule has 0 bridgehead atoms. The molecule has 0 saturated carbocycles. The summed E-state index contributed by atoms with van der Waals surface area (Å²) in [4.78, 5) is 5.74. The maximum atomic E-state index is 14.2. The molecule has 9 heteroatoms. The highest BCUT2D eigenvalue weighted by atomic mass is 32.1. The molecule has 158 valence electrons. The molecule has 0 aliphatic rings. The van der Waals surface area contributed by atoms with Gasteiger partial charge in [0.2, 0.25) is 4.80 Å². The fourth-order valence-corrected chi connectivity index (χ4v) is 4.26. The van der Waals surface area contributed by atoms with Crippen molar-refractivity contribution < 1.29 is 18.3 Å². The van der Waals surface area contributed by atoms with Crippen LogP contribution >= 0.6 is 22.7 Å². The molecule has 2 aromatic heterocycles. The highest BCUT2D eigenvalue weighted by Crippen LogP contribution is 2.34. The van der Waals surface area contributed by atoms with Gasteiger partial charge in [0, 0.05) is 21.9 Å². The number of hydrogen-bond acceptors (Lipinski definition) is 6. The van der Waals surface area contributed by atoms with E-state index < -0.39 is 11.6 Å². The molecule has 2 heterocycles. The van der Waals surface area contributed by atoms with Crippen molar-refractivity contribution in [3.63, 3.8) is 0 Å². The molecule has 0 atom stereocenters. The average molecular weight is 458 g/mol. The van der Waals surface area contributed by atoms with Gasteiger partial charge in [0.25, 0.3) is 0 Å². The van der Waals surface area contributed by atoms with Gasteiger partial charge in [0.05, 0.1) is 26.1 Å². The molecule has 0 fully saturated rings. The lowest BCUT2D eigenvalue weighted by Gasteiger charge is -2.11. The zero-order chi connectivity index (χ0) is 21.8. The van der Waals surface area contributed by atoms with Crippen LogP contribution in [-0.2, 0) is 0 Å². The first-order valence-corrected chi connectivity index (χ1v) is 10.9. The van der Waals surface area contributed by atoms with Crippen LogP contribution in [0.3, 0.4) is 0 Å². The summed E-state index contributed by atoms with van der Waals surface area (Å²) in [5.74, 6) is -0.132. The second-order valence-corrected chi connectivity index (χ2v) is 8.06. The van der Waals surface area contributed by atoms with E-state index in [2.05, 4.69) is 10.1 Å². The molecule has 0 aliphatic carbocycles. The summed E-state index contributed by atoms with van der Waals surface area (Å²) in [5.41, 5.74) is 1.45. The Morgan fingerprint density at radius 3 is 2.58 bits per heavy atom. The molecule has 4 aromatic rings. The number of ether oxygens (including phenoxy) is 2. The van der Waals surface area contributed by atoms with Gasteiger partial charge in [-0.1, -0.05) is 6.07 Å². The quantitative estimate of drug-likeness (QED) is 0.349. The number of aromatic nitrogens is 1. The molecular weight excluding hydrogens is 440 g/mol. The van der Waals surface area contributed by atoms with Gasteiger partial charge in [-0.25, -0.2) is 18.4 Å². The lowest BCUT2D eigenvalue weighted by Crippen LogP contribution is -2.12. The molecule has 5 nitrogen and oxygen atoms in total. The minimum Gasteiger partial charge on any atom is -0.497 e. The first-order chi connectivity index (χ1) is 15.1. The van der Waals surface area contributed by atoms with E-state index in [0.717, 1.165) is 16.5 Å². The monoisotopic (exact) mass is 457 g/mol. The summed E-state index contributed by atoms with van der Waals surface area (Å²) in [5, 5.41) is 8.38. The number of halogens is 2. The Bertz CT molecular complexity index is 1290. The van der Waals surface area contributed by atoms with Crippen molar-refractivity contribution in [2.75, 3.05) is 14.2 Å². The predicted molar refractivity (Wildman–Crippen MR) is 120 cm³/mol. The topological polar surface area (TPSA) is 48.1 Å². The van der Waals surface area contributed by atoms with E-state index in [9.17, 15) is 8.78 Å². The fraction of sp³-hybridized carbons (Fsp3) is 0.0909. The third kappa shape index (κ3) is 4.57. The molecule has 0 radical (unpaired) electrons. The van der Waals surface area contributed by atoms with Crippen LogP contribution in [0.1, 0.15) is 4.88 Å². The maximum absolute atomic E-state index is 14.2. The lowest BCUT2D eigenvalue weighted by molar-refractivity contribution is 0.404. The van der Waals surface area contributed by atoms with Crippen molar-refractivity contribution in [1.29, 1.82) is 0 Å². The zero-order valence-corrected chi connectivity index (χ0v) is 18.2. The van der Waals surface area contributed by atoms with Gasteiger partial charge < -0.3 is 9.47 Å². The van der Waals surface area contributed by atoms with E-state index >= 15 is 0 Å². The number of thiazole rings is 1. The van der Waals surface area contributed by atoms with Crippen LogP contribution in [0, 0.1) is 11.6 Å². The van der Waals surface area contributed by atoms with Crippen molar-refractivity contribution in [1.82, 2.24) is 4.68 Å². The van der Waals surface area contributed by atoms with E-state index in [1.165, 1.54) is 34.8 Å². The SMILES string of the molecule is COc1ccc(OC)c(-c2csc(=Nc3ccc(F)cc3F)n2N=Cc2cccs2)c1. The summed E-state index contributed by atoms with van der Waals surface area (Å²) in [6.45, 7) is 0. The second kappa shape index (κ2) is 9.23. The van der Waals surface area contributed by atoms with Crippen LogP contribution in [0.15, 0.2) is 69.4 Å². The van der Waals surface area contributed by atoms with Crippen LogP contribution in [0.2, 0.25) is 0 Å². The summed E-state index contributed by atoms with van der Waals surface area (Å²) in [7, 11) is 3.16. The van der Waals surface area contributed by atoms with Crippen molar-refractivity contribution >= 4 is 34.6 Å². The first-order valence-electron chi connectivity index (χ1n) is 9.09. The molecule has 0 saturated heterocycles. The van der Waals surface area contributed by atoms with Gasteiger partial charge in [-0.3, -0.25) is 0 Å². The van der Waals surface area contributed by atoms with Crippen LogP contribution in [0.5, 0.6) is 11.5 Å². The zero-order valence-electron chi connectivity index (χ0n) is 16.6. The Kier molecular flexibility index (Phi) is 6.24. The normalized spacial score (nSPS) is 11.9. The van der Waals surface area contributed by atoms with Crippen LogP contribution in [0.4, 0.5) is 14.5 Å². The van der Waals surface area contributed by atoms with Gasteiger partial charge in [-0.15, -0.1) is 22.7 Å². The Morgan fingerprint density at radius 1 is 1.00 bits per heavy atom. The van der Waals surface area contributed by atoms with Gasteiger partial charge in [-0.2, -0.15) is 5.10 Å². The largest absolute Gasteiger partial charge is 0.497 e. The molecular formula is C22H17F2N3O2S2. The van der Waals surface area contributed by atoms with Crippen LogP contribution in [-0.4, -0.2) is 25.1 Å². The highest BCUT2D eigenvalue weighted by Gasteiger charge is 2.15.